The summed E-state index contributed by atoms with van der Waals surface area (Å²) >= 11 is 6.51. The van der Waals surface area contributed by atoms with E-state index in [1.165, 1.54) is 36.5 Å². The number of benzene rings is 2. The Morgan fingerprint density at radius 3 is 2.39 bits per heavy atom. The lowest BCUT2D eigenvalue weighted by atomic mass is 9.99. The van der Waals surface area contributed by atoms with Gasteiger partial charge in [0.15, 0.2) is 11.5 Å². The van der Waals surface area contributed by atoms with Gasteiger partial charge in [0.1, 0.15) is 22.0 Å². The van der Waals surface area contributed by atoms with Crippen molar-refractivity contribution in [2.45, 2.75) is 25.7 Å². The van der Waals surface area contributed by atoms with E-state index in [2.05, 4.69) is 25.9 Å². The Balaban J connectivity index is 1.14. The number of halogens is 2. The summed E-state index contributed by atoms with van der Waals surface area (Å²) in [6.45, 7) is 2.58. The van der Waals surface area contributed by atoms with Crippen molar-refractivity contribution in [2.75, 3.05) is 37.4 Å². The zero-order valence-electron chi connectivity index (χ0n) is 24.0. The summed E-state index contributed by atoms with van der Waals surface area (Å²) in [5, 5.41) is 9.61. The maximum atomic E-state index is 13.2. The molecule has 0 bridgehead atoms. The van der Waals surface area contributed by atoms with E-state index < -0.39 is 23.0 Å². The highest BCUT2D eigenvalue weighted by Crippen LogP contribution is 2.48. The molecule has 3 heterocycles. The van der Waals surface area contributed by atoms with Crippen molar-refractivity contribution in [2.24, 2.45) is 11.3 Å². The molecule has 10 nitrogen and oxygen atoms in total. The maximum absolute atomic E-state index is 13.2. The number of carbonyl (C=O) groups excluding carboxylic acids is 2. The van der Waals surface area contributed by atoms with Crippen LogP contribution in [0.2, 0.25) is 5.02 Å². The van der Waals surface area contributed by atoms with Crippen LogP contribution in [-0.2, 0) is 9.59 Å². The van der Waals surface area contributed by atoms with Crippen molar-refractivity contribution in [1.29, 1.82) is 0 Å². The number of pyridine rings is 2. The average molecular weight is 620 g/mol. The number of fused-ring (bicyclic) bond motifs is 1. The Morgan fingerprint density at radius 2 is 1.70 bits per heavy atom. The number of piperidine rings is 1. The molecular formula is C32H31ClFN5O5. The highest BCUT2D eigenvalue weighted by Gasteiger charge is 2.56. The first-order valence-electron chi connectivity index (χ1n) is 14.4. The van der Waals surface area contributed by atoms with Crippen LogP contribution in [0.4, 0.5) is 15.8 Å². The van der Waals surface area contributed by atoms with E-state index in [1.807, 2.05) is 12.1 Å². The third kappa shape index (κ3) is 6.39. The summed E-state index contributed by atoms with van der Waals surface area (Å²) in [6.07, 6.45) is 5.93. The molecule has 4 aromatic rings. The predicted molar refractivity (Wildman–Crippen MR) is 164 cm³/mol. The van der Waals surface area contributed by atoms with Crippen molar-refractivity contribution in [3.8, 4) is 23.1 Å². The first-order chi connectivity index (χ1) is 21.3. The summed E-state index contributed by atoms with van der Waals surface area (Å²) in [7, 11) is 1.58. The molecule has 1 saturated heterocycles. The van der Waals surface area contributed by atoms with Gasteiger partial charge >= 0.3 is 0 Å². The number of amides is 2. The molecule has 1 aliphatic heterocycles. The minimum Gasteiger partial charge on any atom is -0.493 e. The largest absolute Gasteiger partial charge is 0.493 e. The van der Waals surface area contributed by atoms with Crippen LogP contribution in [0.15, 0.2) is 60.9 Å². The van der Waals surface area contributed by atoms with E-state index in [-0.39, 0.29) is 10.9 Å². The number of carbonyl (C=O) groups is 2. The van der Waals surface area contributed by atoms with Gasteiger partial charge in [0.2, 0.25) is 17.7 Å². The lowest BCUT2D eigenvalue weighted by Crippen LogP contribution is -2.35. The molecule has 2 aromatic heterocycles. The molecule has 1 aliphatic carbocycles. The second-order valence-corrected chi connectivity index (χ2v) is 11.4. The van der Waals surface area contributed by atoms with Gasteiger partial charge in [0.25, 0.3) is 0 Å². The summed E-state index contributed by atoms with van der Waals surface area (Å²) in [6, 6.07) is 12.2. The Morgan fingerprint density at radius 1 is 0.977 bits per heavy atom. The van der Waals surface area contributed by atoms with Gasteiger partial charge in [-0.15, -0.1) is 0 Å². The average Bonchev–Trinajstić information content (AvgIpc) is 3.85. The summed E-state index contributed by atoms with van der Waals surface area (Å²) in [5.41, 5.74) is 0.146. The monoisotopic (exact) mass is 619 g/mol. The Bertz CT molecular complexity index is 1690. The minimum absolute atomic E-state index is 0.123. The van der Waals surface area contributed by atoms with Gasteiger partial charge in [-0.25, -0.2) is 9.37 Å². The van der Waals surface area contributed by atoms with Crippen LogP contribution in [-0.4, -0.2) is 48.6 Å². The first-order valence-corrected chi connectivity index (χ1v) is 14.7. The second kappa shape index (κ2) is 12.6. The fraction of sp³-hybridized carbons (Fsp3) is 0.312. The molecule has 228 valence electrons. The van der Waals surface area contributed by atoms with Gasteiger partial charge in [0.05, 0.1) is 31.1 Å². The van der Waals surface area contributed by atoms with E-state index in [1.54, 1.807) is 19.4 Å². The standard InChI is InChI=1S/C32H31ClFN5O5/c1-42-27-15-23-25(16-28(27)43-18-19-6-11-35-12-7-19)36-13-8-26(23)44-29-24(33)14-22(17-37-29)39-31(41)32(9-10-32)30(40)38-21-4-2-20(34)3-5-21/h2-5,8,13-17,19,35H,6-7,9-12,18H2,1H3,(H,38,40)(H,39,41). The molecule has 2 aromatic carbocycles. The van der Waals surface area contributed by atoms with Crippen molar-refractivity contribution in [3.63, 3.8) is 0 Å². The highest BCUT2D eigenvalue weighted by atomic mass is 35.5. The number of aromatic nitrogens is 2. The number of hydrogen-bond donors (Lipinski definition) is 3. The predicted octanol–water partition coefficient (Wildman–Crippen LogP) is 5.96. The fourth-order valence-electron chi connectivity index (χ4n) is 5.14. The van der Waals surface area contributed by atoms with Gasteiger partial charge in [-0.2, -0.15) is 0 Å². The molecule has 3 N–H and O–H groups in total. The molecule has 2 aliphatic rings. The Labute approximate surface area is 258 Å². The number of anilines is 2. The van der Waals surface area contributed by atoms with Crippen LogP contribution in [0.25, 0.3) is 10.9 Å². The van der Waals surface area contributed by atoms with Crippen LogP contribution in [0.1, 0.15) is 25.7 Å². The van der Waals surface area contributed by atoms with E-state index >= 15 is 0 Å². The minimum atomic E-state index is -1.22. The number of nitrogens with one attached hydrogen (secondary N) is 3. The third-order valence-corrected chi connectivity index (χ3v) is 8.18. The number of hydrogen-bond acceptors (Lipinski definition) is 8. The Hall–Kier alpha value is -4.48. The molecule has 0 unspecified atom stereocenters. The third-order valence-electron chi connectivity index (χ3n) is 7.91. The molecule has 12 heteroatoms. The van der Waals surface area contributed by atoms with E-state index in [9.17, 15) is 14.0 Å². The van der Waals surface area contributed by atoms with Crippen molar-refractivity contribution in [3.05, 3.63) is 71.8 Å². The topological polar surface area (TPSA) is 124 Å². The van der Waals surface area contributed by atoms with Crippen LogP contribution < -0.4 is 30.2 Å². The maximum Gasteiger partial charge on any atom is 0.240 e. The molecule has 0 radical (unpaired) electrons. The van der Waals surface area contributed by atoms with Crippen LogP contribution >= 0.6 is 11.6 Å². The second-order valence-electron chi connectivity index (χ2n) is 10.9. The summed E-state index contributed by atoms with van der Waals surface area (Å²) < 4.78 is 31.0. The van der Waals surface area contributed by atoms with E-state index in [0.29, 0.717) is 64.9 Å². The molecule has 44 heavy (non-hydrogen) atoms. The first kappa shape index (κ1) is 29.6. The number of rotatable bonds is 10. The van der Waals surface area contributed by atoms with Gasteiger partial charge in [0, 0.05) is 23.3 Å². The fourth-order valence-corrected chi connectivity index (χ4v) is 5.34. The van der Waals surface area contributed by atoms with Crippen LogP contribution in [0, 0.1) is 17.2 Å². The van der Waals surface area contributed by atoms with Gasteiger partial charge in [-0.3, -0.25) is 14.6 Å². The highest BCUT2D eigenvalue weighted by molar-refractivity contribution is 6.32. The van der Waals surface area contributed by atoms with Crippen LogP contribution in [0.5, 0.6) is 23.1 Å². The smallest absolute Gasteiger partial charge is 0.240 e. The van der Waals surface area contributed by atoms with Crippen LogP contribution in [0.3, 0.4) is 0 Å². The zero-order chi connectivity index (χ0) is 30.7. The molecule has 0 spiro atoms. The zero-order valence-corrected chi connectivity index (χ0v) is 24.7. The molecule has 2 amide bonds. The molecule has 6 rings (SSSR count). The van der Waals surface area contributed by atoms with Gasteiger partial charge < -0.3 is 30.2 Å². The van der Waals surface area contributed by atoms with Crippen molar-refractivity contribution in [1.82, 2.24) is 15.3 Å². The lowest BCUT2D eigenvalue weighted by Gasteiger charge is -2.23. The van der Waals surface area contributed by atoms with Crippen molar-refractivity contribution < 1.29 is 28.2 Å². The van der Waals surface area contributed by atoms with Gasteiger partial charge in [-0.1, -0.05) is 11.6 Å². The normalized spacial score (nSPS) is 15.8. The molecule has 0 atom stereocenters. The van der Waals surface area contributed by atoms with E-state index in [0.717, 1.165) is 25.9 Å². The lowest BCUT2D eigenvalue weighted by molar-refractivity contribution is -0.131. The number of nitrogens with zero attached hydrogens (tertiary/aromatic N) is 2. The Kier molecular flexibility index (Phi) is 8.49. The number of methoxy groups -OCH3 is 1. The number of ether oxygens (including phenoxy) is 3. The summed E-state index contributed by atoms with van der Waals surface area (Å²) in [4.78, 5) is 34.7. The SMILES string of the molecule is COc1cc2c(Oc3ncc(NC(=O)C4(C(=O)Nc5ccc(F)cc5)CC4)cc3Cl)ccnc2cc1OCC1CCNCC1. The van der Waals surface area contributed by atoms with Gasteiger partial charge in [-0.05, 0) is 87.2 Å². The quantitative estimate of drug-likeness (QED) is 0.186. The molecule has 1 saturated carbocycles. The summed E-state index contributed by atoms with van der Waals surface area (Å²) in [5.74, 6) is 0.871. The van der Waals surface area contributed by atoms with Crippen molar-refractivity contribution >= 4 is 45.7 Å². The van der Waals surface area contributed by atoms with E-state index in [4.69, 9.17) is 25.8 Å². The molecule has 2 fully saturated rings. The molecular weight excluding hydrogens is 589 g/mol.